The van der Waals surface area contributed by atoms with Crippen molar-refractivity contribution in [3.63, 3.8) is 0 Å². The predicted molar refractivity (Wildman–Crippen MR) is 86.7 cm³/mol. The molecule has 0 spiro atoms. The molecule has 0 aromatic carbocycles. The van der Waals surface area contributed by atoms with Gasteiger partial charge in [-0.3, -0.25) is 0 Å². The minimum Gasteiger partial charge on any atom is -1.00 e. The second-order valence-corrected chi connectivity index (χ2v) is 9.24. The van der Waals surface area contributed by atoms with Gasteiger partial charge in [0.05, 0.1) is 0 Å². The Balaban J connectivity index is -0.0000000356. The smallest absolute Gasteiger partial charge is 1.00 e. The number of rotatable bonds is 0. The van der Waals surface area contributed by atoms with Crippen LogP contribution in [0.25, 0.3) is 0 Å². The third-order valence-corrected chi connectivity index (χ3v) is 0. The van der Waals surface area contributed by atoms with Crippen molar-refractivity contribution in [3.05, 3.63) is 0 Å². The Bertz CT molecular complexity index is 467. The SMILES string of the molecule is O=P(O)(O)O.O=P(O)(O)O.O=P(O)(O)O.O=P(O)(O)O.O=P(O)(O)O.O=P(O)(O)O.[H-].[Na+]. The molecular weight excluding hydrogens is 593 g/mol. The maximum Gasteiger partial charge on any atom is 1.00 e. The summed E-state index contributed by atoms with van der Waals surface area (Å²) in [5.41, 5.74) is 0. The van der Waals surface area contributed by atoms with Crippen molar-refractivity contribution in [2.45, 2.75) is 0 Å². The Kier molecular flexibility index (Phi) is 33.7. The van der Waals surface area contributed by atoms with Crippen molar-refractivity contribution in [2.75, 3.05) is 0 Å². The van der Waals surface area contributed by atoms with E-state index in [1.54, 1.807) is 0 Å². The molecule has 31 heavy (non-hydrogen) atoms. The molecule has 24 nitrogen and oxygen atoms in total. The minimum atomic E-state index is -4.64. The normalized spacial score (nSPS) is 11.4. The van der Waals surface area contributed by atoms with Crippen LogP contribution in [0.1, 0.15) is 1.43 Å². The molecule has 0 heterocycles. The van der Waals surface area contributed by atoms with Crippen molar-refractivity contribution >= 4 is 46.9 Å². The Morgan fingerprint density at radius 3 is 0.258 bits per heavy atom. The van der Waals surface area contributed by atoms with Crippen LogP contribution < -0.4 is 29.6 Å². The van der Waals surface area contributed by atoms with E-state index >= 15 is 0 Å². The van der Waals surface area contributed by atoms with Crippen LogP contribution in [0, 0.1) is 0 Å². The van der Waals surface area contributed by atoms with Gasteiger partial charge in [0.1, 0.15) is 0 Å². The Morgan fingerprint density at radius 2 is 0.258 bits per heavy atom. The van der Waals surface area contributed by atoms with Gasteiger partial charge in [-0.25, -0.2) is 27.4 Å². The Morgan fingerprint density at radius 1 is 0.258 bits per heavy atom. The van der Waals surface area contributed by atoms with Crippen molar-refractivity contribution in [3.8, 4) is 0 Å². The third kappa shape index (κ3) is 10100. The first-order valence-electron chi connectivity index (χ1n) is 4.70. The molecule has 0 radical (unpaired) electrons. The molecule has 18 N–H and O–H groups in total. The molecule has 0 fully saturated rings. The molecular formula is H19NaO24P6. The maximum absolute atomic E-state index is 8.88. The van der Waals surface area contributed by atoms with Crippen LogP contribution >= 0.6 is 46.9 Å². The summed E-state index contributed by atoms with van der Waals surface area (Å²) in [6.45, 7) is 0. The van der Waals surface area contributed by atoms with Gasteiger partial charge in [-0.1, -0.05) is 0 Å². The van der Waals surface area contributed by atoms with Crippen LogP contribution in [0.5, 0.6) is 0 Å². The van der Waals surface area contributed by atoms with Crippen LogP contribution in [0.2, 0.25) is 0 Å². The topological polar surface area (TPSA) is 467 Å². The second kappa shape index (κ2) is 21.0. The summed E-state index contributed by atoms with van der Waals surface area (Å²) in [5, 5.41) is 0. The second-order valence-electron chi connectivity index (χ2n) is 3.08. The number of phosphoric acid groups is 6. The first-order valence-corrected chi connectivity index (χ1v) is 14.1. The van der Waals surface area contributed by atoms with Gasteiger partial charge in [0.2, 0.25) is 0 Å². The average Bonchev–Trinajstić information content (AvgIpc) is 1.94. The van der Waals surface area contributed by atoms with E-state index in [1.807, 2.05) is 0 Å². The molecule has 0 aromatic heterocycles. The molecule has 0 saturated carbocycles. The zero-order valence-electron chi connectivity index (χ0n) is 15.2. The molecule has 0 rings (SSSR count). The van der Waals surface area contributed by atoms with Gasteiger partial charge in [0.15, 0.2) is 0 Å². The monoisotopic (exact) mass is 612 g/mol. The number of hydrogen-bond donors (Lipinski definition) is 18. The number of hydrogen-bond acceptors (Lipinski definition) is 6. The van der Waals surface area contributed by atoms with Gasteiger partial charge in [-0.05, 0) is 0 Å². The fourth-order valence-electron chi connectivity index (χ4n) is 0. The molecule has 0 aromatic rings. The van der Waals surface area contributed by atoms with Crippen LogP contribution in [-0.4, -0.2) is 88.1 Å². The van der Waals surface area contributed by atoms with Crippen LogP contribution in [0.4, 0.5) is 0 Å². The standard InChI is InChI=1S/Na.6H3O4P.H/c;6*1-5(2,3)4;/h;6*(H3,1,2,3,4);/q+1;;;;;;;-1. The third-order valence-electron chi connectivity index (χ3n) is 0. The summed E-state index contributed by atoms with van der Waals surface area (Å²) in [6, 6.07) is 0. The molecule has 0 atom stereocenters. The van der Waals surface area contributed by atoms with Crippen molar-refractivity contribution in [1.82, 2.24) is 0 Å². The molecule has 0 aliphatic rings. The van der Waals surface area contributed by atoms with Crippen LogP contribution in [0.3, 0.4) is 0 Å². The van der Waals surface area contributed by atoms with Gasteiger partial charge in [0.25, 0.3) is 0 Å². The van der Waals surface area contributed by atoms with Crippen LogP contribution in [0.15, 0.2) is 0 Å². The fraction of sp³-hybridized carbons (Fsp3) is 0. The van der Waals surface area contributed by atoms with Gasteiger partial charge in [0, 0.05) is 0 Å². The van der Waals surface area contributed by atoms with Crippen LogP contribution in [-0.2, 0) is 27.4 Å². The van der Waals surface area contributed by atoms with Gasteiger partial charge in [-0.2, -0.15) is 0 Å². The summed E-state index contributed by atoms with van der Waals surface area (Å²) < 4.78 is 53.3. The van der Waals surface area contributed by atoms with Gasteiger partial charge >= 0.3 is 76.5 Å². The molecule has 0 aliphatic heterocycles. The van der Waals surface area contributed by atoms with E-state index in [-0.39, 0.29) is 31.0 Å². The van der Waals surface area contributed by atoms with E-state index in [0.29, 0.717) is 0 Å². The summed E-state index contributed by atoms with van der Waals surface area (Å²) in [4.78, 5) is 129. The summed E-state index contributed by atoms with van der Waals surface area (Å²) in [6.07, 6.45) is 0. The van der Waals surface area contributed by atoms with E-state index in [4.69, 9.17) is 115 Å². The van der Waals surface area contributed by atoms with E-state index < -0.39 is 46.9 Å². The zero-order valence-corrected chi connectivity index (χ0v) is 21.5. The predicted octanol–water partition coefficient (Wildman–Crippen LogP) is -8.46. The van der Waals surface area contributed by atoms with Crippen molar-refractivity contribution < 1.29 is 146 Å². The van der Waals surface area contributed by atoms with Gasteiger partial charge < -0.3 is 89.5 Å². The van der Waals surface area contributed by atoms with Gasteiger partial charge in [-0.15, -0.1) is 0 Å². The van der Waals surface area contributed by atoms with Crippen molar-refractivity contribution in [2.24, 2.45) is 0 Å². The minimum absolute atomic E-state index is 0. The van der Waals surface area contributed by atoms with E-state index in [0.717, 1.165) is 0 Å². The molecule has 0 saturated heterocycles. The van der Waals surface area contributed by atoms with E-state index in [2.05, 4.69) is 0 Å². The maximum atomic E-state index is 8.88. The average molecular weight is 612 g/mol. The molecule has 194 valence electrons. The summed E-state index contributed by atoms with van der Waals surface area (Å²) in [5.74, 6) is 0. The zero-order chi connectivity index (χ0) is 27.0. The Labute approximate surface area is 193 Å². The Hall–Kier alpha value is 1.66. The van der Waals surface area contributed by atoms with E-state index in [1.165, 1.54) is 0 Å². The fourth-order valence-corrected chi connectivity index (χ4v) is 0. The molecule has 0 unspecified atom stereocenters. The molecule has 31 heteroatoms. The molecule has 0 amide bonds. The largest absolute Gasteiger partial charge is 1.00 e. The molecule has 0 aliphatic carbocycles. The van der Waals surface area contributed by atoms with Crippen molar-refractivity contribution in [1.29, 1.82) is 0 Å². The molecule has 0 bridgehead atoms. The first-order chi connectivity index (χ1) is 12.0. The summed E-state index contributed by atoms with van der Waals surface area (Å²) >= 11 is 0. The van der Waals surface area contributed by atoms with E-state index in [9.17, 15) is 0 Å². The first kappa shape index (κ1) is 49.7. The quantitative estimate of drug-likeness (QED) is 0.0891. The summed E-state index contributed by atoms with van der Waals surface area (Å²) in [7, 11) is -27.8.